The number of halogens is 2. The molecule has 104 valence electrons. The standard InChI is InChI=1S/C15H12Cl2O3/c1-9-2-3-10(15(18)19)6-11(9)8-20-14-5-4-12(16)7-13(14)17/h2-7H,8H2,1H3,(H,18,19). The van der Waals surface area contributed by atoms with Crippen LogP contribution in [0.1, 0.15) is 21.5 Å². The zero-order valence-electron chi connectivity index (χ0n) is 10.7. The van der Waals surface area contributed by atoms with E-state index in [1.54, 1.807) is 36.4 Å². The van der Waals surface area contributed by atoms with E-state index < -0.39 is 5.97 Å². The summed E-state index contributed by atoms with van der Waals surface area (Å²) in [6.07, 6.45) is 0. The van der Waals surface area contributed by atoms with E-state index in [-0.39, 0.29) is 12.2 Å². The van der Waals surface area contributed by atoms with Crippen LogP contribution >= 0.6 is 23.2 Å². The van der Waals surface area contributed by atoms with Crippen LogP contribution in [0.2, 0.25) is 10.0 Å². The van der Waals surface area contributed by atoms with Gasteiger partial charge in [0.25, 0.3) is 0 Å². The molecule has 3 nitrogen and oxygen atoms in total. The predicted molar refractivity (Wildman–Crippen MR) is 78.9 cm³/mol. The van der Waals surface area contributed by atoms with Crippen molar-refractivity contribution in [1.29, 1.82) is 0 Å². The van der Waals surface area contributed by atoms with Crippen LogP contribution in [-0.2, 0) is 6.61 Å². The fraction of sp³-hybridized carbons (Fsp3) is 0.133. The van der Waals surface area contributed by atoms with Gasteiger partial charge in [0.1, 0.15) is 12.4 Å². The topological polar surface area (TPSA) is 46.5 Å². The van der Waals surface area contributed by atoms with Gasteiger partial charge in [0.2, 0.25) is 0 Å². The second-order valence-corrected chi connectivity index (χ2v) is 5.15. The van der Waals surface area contributed by atoms with E-state index in [4.69, 9.17) is 33.0 Å². The zero-order chi connectivity index (χ0) is 14.7. The lowest BCUT2D eigenvalue weighted by molar-refractivity contribution is 0.0696. The molecule has 0 spiro atoms. The summed E-state index contributed by atoms with van der Waals surface area (Å²) in [4.78, 5) is 11.0. The van der Waals surface area contributed by atoms with Crippen molar-refractivity contribution in [2.75, 3.05) is 0 Å². The van der Waals surface area contributed by atoms with Gasteiger partial charge < -0.3 is 9.84 Å². The number of hydrogen-bond acceptors (Lipinski definition) is 2. The number of carbonyl (C=O) groups is 1. The first-order valence-electron chi connectivity index (χ1n) is 5.88. The molecule has 0 atom stereocenters. The second kappa shape index (κ2) is 6.16. The Kier molecular flexibility index (Phi) is 4.53. The summed E-state index contributed by atoms with van der Waals surface area (Å²) in [5, 5.41) is 9.94. The minimum Gasteiger partial charge on any atom is -0.487 e. The average Bonchev–Trinajstić information content (AvgIpc) is 2.39. The number of hydrogen-bond donors (Lipinski definition) is 1. The number of ether oxygens (including phenoxy) is 1. The van der Waals surface area contributed by atoms with Gasteiger partial charge in [-0.05, 0) is 48.4 Å². The van der Waals surface area contributed by atoms with Gasteiger partial charge in [-0.3, -0.25) is 0 Å². The van der Waals surface area contributed by atoms with Crippen LogP contribution in [0.25, 0.3) is 0 Å². The Morgan fingerprint density at radius 1 is 1.20 bits per heavy atom. The highest BCUT2D eigenvalue weighted by Crippen LogP contribution is 2.28. The predicted octanol–water partition coefficient (Wildman–Crippen LogP) is 4.58. The van der Waals surface area contributed by atoms with Crippen LogP contribution in [-0.4, -0.2) is 11.1 Å². The van der Waals surface area contributed by atoms with Crippen molar-refractivity contribution in [2.24, 2.45) is 0 Å². The first kappa shape index (κ1) is 14.7. The Hall–Kier alpha value is -1.71. The van der Waals surface area contributed by atoms with Gasteiger partial charge in [0.05, 0.1) is 10.6 Å². The third-order valence-electron chi connectivity index (χ3n) is 2.87. The molecule has 0 heterocycles. The lowest BCUT2D eigenvalue weighted by Gasteiger charge is -2.11. The van der Waals surface area contributed by atoms with Crippen molar-refractivity contribution in [3.63, 3.8) is 0 Å². The fourth-order valence-corrected chi connectivity index (χ4v) is 2.17. The number of rotatable bonds is 4. The molecule has 0 saturated carbocycles. The largest absolute Gasteiger partial charge is 0.487 e. The molecular formula is C15H12Cl2O3. The number of carboxylic acids is 1. The number of carboxylic acid groups (broad SMARTS) is 1. The van der Waals surface area contributed by atoms with E-state index in [0.29, 0.717) is 15.8 Å². The van der Waals surface area contributed by atoms with E-state index in [1.807, 2.05) is 6.92 Å². The van der Waals surface area contributed by atoms with Crippen LogP contribution in [0.15, 0.2) is 36.4 Å². The Morgan fingerprint density at radius 3 is 2.60 bits per heavy atom. The third kappa shape index (κ3) is 3.44. The summed E-state index contributed by atoms with van der Waals surface area (Å²) >= 11 is 11.8. The lowest BCUT2D eigenvalue weighted by Crippen LogP contribution is -2.02. The van der Waals surface area contributed by atoms with Gasteiger partial charge in [-0.2, -0.15) is 0 Å². The summed E-state index contributed by atoms with van der Waals surface area (Å²) in [5.41, 5.74) is 1.99. The first-order chi connectivity index (χ1) is 9.47. The number of aryl methyl sites for hydroxylation is 1. The van der Waals surface area contributed by atoms with Crippen LogP contribution in [0.4, 0.5) is 0 Å². The molecule has 0 amide bonds. The molecule has 0 aromatic heterocycles. The Morgan fingerprint density at radius 2 is 1.95 bits per heavy atom. The first-order valence-corrected chi connectivity index (χ1v) is 6.63. The van der Waals surface area contributed by atoms with Gasteiger partial charge >= 0.3 is 5.97 Å². The quantitative estimate of drug-likeness (QED) is 0.899. The normalized spacial score (nSPS) is 10.3. The van der Waals surface area contributed by atoms with Crippen molar-refractivity contribution < 1.29 is 14.6 Å². The summed E-state index contributed by atoms with van der Waals surface area (Å²) < 4.78 is 5.61. The molecule has 2 rings (SSSR count). The maximum Gasteiger partial charge on any atom is 0.335 e. The van der Waals surface area contributed by atoms with Gasteiger partial charge in [-0.1, -0.05) is 29.3 Å². The van der Waals surface area contributed by atoms with Crippen LogP contribution in [0, 0.1) is 6.92 Å². The zero-order valence-corrected chi connectivity index (χ0v) is 12.2. The highest BCUT2D eigenvalue weighted by molar-refractivity contribution is 6.35. The maximum atomic E-state index is 11.0. The molecule has 0 fully saturated rings. The molecule has 0 radical (unpaired) electrons. The third-order valence-corrected chi connectivity index (χ3v) is 3.40. The summed E-state index contributed by atoms with van der Waals surface area (Å²) in [5.74, 6) is -0.452. The SMILES string of the molecule is Cc1ccc(C(=O)O)cc1COc1ccc(Cl)cc1Cl. The molecule has 0 aliphatic rings. The molecule has 0 unspecified atom stereocenters. The Bertz CT molecular complexity index is 654. The van der Waals surface area contributed by atoms with Crippen molar-refractivity contribution in [2.45, 2.75) is 13.5 Å². The van der Waals surface area contributed by atoms with E-state index in [2.05, 4.69) is 0 Å². The van der Waals surface area contributed by atoms with Crippen molar-refractivity contribution in [3.05, 3.63) is 63.1 Å². The molecule has 2 aromatic rings. The van der Waals surface area contributed by atoms with Gasteiger partial charge in [-0.15, -0.1) is 0 Å². The molecule has 5 heteroatoms. The van der Waals surface area contributed by atoms with Gasteiger partial charge in [0, 0.05) is 5.02 Å². The second-order valence-electron chi connectivity index (χ2n) is 4.31. The number of benzene rings is 2. The van der Waals surface area contributed by atoms with Gasteiger partial charge in [-0.25, -0.2) is 4.79 Å². The molecular weight excluding hydrogens is 299 g/mol. The molecule has 0 bridgehead atoms. The summed E-state index contributed by atoms with van der Waals surface area (Å²) in [6, 6.07) is 9.88. The van der Waals surface area contributed by atoms with E-state index >= 15 is 0 Å². The highest BCUT2D eigenvalue weighted by atomic mass is 35.5. The van der Waals surface area contributed by atoms with Crippen molar-refractivity contribution >= 4 is 29.2 Å². The minimum absolute atomic E-state index is 0.233. The smallest absolute Gasteiger partial charge is 0.335 e. The Labute approximate surface area is 126 Å². The number of aromatic carboxylic acids is 1. The van der Waals surface area contributed by atoms with Crippen molar-refractivity contribution in [1.82, 2.24) is 0 Å². The molecule has 20 heavy (non-hydrogen) atoms. The molecule has 0 aliphatic heterocycles. The maximum absolute atomic E-state index is 11.0. The molecule has 2 aromatic carbocycles. The van der Waals surface area contributed by atoms with Crippen molar-refractivity contribution in [3.8, 4) is 5.75 Å². The summed E-state index contributed by atoms with van der Waals surface area (Å²) in [6.45, 7) is 2.14. The van der Waals surface area contributed by atoms with E-state index in [9.17, 15) is 4.79 Å². The van der Waals surface area contributed by atoms with Crippen LogP contribution in [0.5, 0.6) is 5.75 Å². The van der Waals surface area contributed by atoms with E-state index in [0.717, 1.165) is 11.1 Å². The summed E-state index contributed by atoms with van der Waals surface area (Å²) in [7, 11) is 0. The van der Waals surface area contributed by atoms with E-state index in [1.165, 1.54) is 0 Å². The Balaban J connectivity index is 2.18. The van der Waals surface area contributed by atoms with Crippen LogP contribution in [0.3, 0.4) is 0 Å². The fourth-order valence-electron chi connectivity index (χ4n) is 1.71. The average molecular weight is 311 g/mol. The molecule has 0 aliphatic carbocycles. The highest BCUT2D eigenvalue weighted by Gasteiger charge is 2.08. The molecule has 0 saturated heterocycles. The van der Waals surface area contributed by atoms with Crippen LogP contribution < -0.4 is 4.74 Å². The van der Waals surface area contributed by atoms with Gasteiger partial charge in [0.15, 0.2) is 0 Å². The molecule has 1 N–H and O–H groups in total. The monoisotopic (exact) mass is 310 g/mol. The minimum atomic E-state index is -0.962. The lowest BCUT2D eigenvalue weighted by atomic mass is 10.1.